The van der Waals surface area contributed by atoms with Gasteiger partial charge in [-0.2, -0.15) is 5.10 Å². The fourth-order valence-electron chi connectivity index (χ4n) is 3.14. The van der Waals surface area contributed by atoms with Crippen LogP contribution in [-0.2, 0) is 6.54 Å². The summed E-state index contributed by atoms with van der Waals surface area (Å²) in [4.78, 5) is 14.2. The van der Waals surface area contributed by atoms with Crippen molar-refractivity contribution in [1.82, 2.24) is 35.0 Å². The Morgan fingerprint density at radius 3 is 2.87 bits per heavy atom. The number of imidazole rings is 1. The van der Waals surface area contributed by atoms with Crippen LogP contribution in [0.4, 0.5) is 5.82 Å². The molecule has 4 rings (SSSR count). The van der Waals surface area contributed by atoms with E-state index in [1.807, 2.05) is 18.3 Å². The maximum Gasteiger partial charge on any atom is 0.175 e. The Kier molecular flexibility index (Phi) is 6.21. The minimum Gasteiger partial charge on any atom is -0.382 e. The first-order valence-corrected chi connectivity index (χ1v) is 10.9. The fourth-order valence-corrected chi connectivity index (χ4v) is 4.45. The molecule has 8 nitrogen and oxygen atoms in total. The zero-order valence-electron chi connectivity index (χ0n) is 16.8. The molecule has 0 saturated carbocycles. The van der Waals surface area contributed by atoms with E-state index in [-0.39, 0.29) is 0 Å². The maximum atomic E-state index is 6.39. The third-order valence-electron chi connectivity index (χ3n) is 4.55. The highest BCUT2D eigenvalue weighted by molar-refractivity contribution is 7.99. The monoisotopic (exact) mass is 442 g/mol. The summed E-state index contributed by atoms with van der Waals surface area (Å²) in [5.74, 6) is 0.381. The largest absolute Gasteiger partial charge is 0.382 e. The molecule has 0 aliphatic heterocycles. The molecule has 4 N–H and O–H groups in total. The topological polar surface area (TPSA) is 110 Å². The Hall–Kier alpha value is -2.62. The van der Waals surface area contributed by atoms with Gasteiger partial charge in [-0.05, 0) is 36.7 Å². The summed E-state index contributed by atoms with van der Waals surface area (Å²) in [5.41, 5.74) is 9.38. The number of nitrogens with two attached hydrogens (primary N) is 1. The van der Waals surface area contributed by atoms with E-state index in [4.69, 9.17) is 22.3 Å². The first-order chi connectivity index (χ1) is 14.5. The third-order valence-corrected chi connectivity index (χ3v) is 5.73. The van der Waals surface area contributed by atoms with Crippen LogP contribution in [0.1, 0.15) is 20.3 Å². The molecule has 3 heterocycles. The molecule has 10 heteroatoms. The molecule has 0 amide bonds. The molecule has 30 heavy (non-hydrogen) atoms. The normalized spacial score (nSPS) is 11.6. The van der Waals surface area contributed by atoms with Crippen molar-refractivity contribution in [3.8, 4) is 11.1 Å². The Balaban J connectivity index is 1.66. The van der Waals surface area contributed by atoms with Crippen LogP contribution in [0.3, 0.4) is 0 Å². The molecule has 0 radical (unpaired) electrons. The molecular formula is C20H23ClN8S. The number of halogens is 1. The van der Waals surface area contributed by atoms with Gasteiger partial charge >= 0.3 is 0 Å². The first kappa shape index (κ1) is 20.6. The van der Waals surface area contributed by atoms with E-state index in [2.05, 4.69) is 50.0 Å². The van der Waals surface area contributed by atoms with E-state index in [0.29, 0.717) is 22.4 Å². The van der Waals surface area contributed by atoms with E-state index < -0.39 is 0 Å². The van der Waals surface area contributed by atoms with Gasteiger partial charge in [-0.15, -0.1) is 0 Å². The van der Waals surface area contributed by atoms with Crippen LogP contribution in [0.2, 0.25) is 5.02 Å². The van der Waals surface area contributed by atoms with Gasteiger partial charge in [0.1, 0.15) is 6.33 Å². The summed E-state index contributed by atoms with van der Waals surface area (Å²) in [7, 11) is 0. The van der Waals surface area contributed by atoms with Gasteiger partial charge < -0.3 is 15.6 Å². The van der Waals surface area contributed by atoms with Crippen molar-refractivity contribution in [2.24, 2.45) is 0 Å². The molecule has 0 spiro atoms. The predicted molar refractivity (Wildman–Crippen MR) is 121 cm³/mol. The second-order valence-electron chi connectivity index (χ2n) is 7.20. The van der Waals surface area contributed by atoms with Gasteiger partial charge in [0.15, 0.2) is 22.1 Å². The highest BCUT2D eigenvalue weighted by atomic mass is 35.5. The lowest BCUT2D eigenvalue weighted by Crippen LogP contribution is -2.24. The highest BCUT2D eigenvalue weighted by Crippen LogP contribution is 2.35. The molecule has 0 aliphatic rings. The number of H-pyrrole nitrogens is 1. The number of aryl methyl sites for hydroxylation is 1. The van der Waals surface area contributed by atoms with Crippen molar-refractivity contribution in [2.75, 3.05) is 12.3 Å². The summed E-state index contributed by atoms with van der Waals surface area (Å²) in [6, 6.07) is 6.36. The second kappa shape index (κ2) is 9.03. The Bertz CT molecular complexity index is 1140. The van der Waals surface area contributed by atoms with Gasteiger partial charge in [-0.1, -0.05) is 37.2 Å². The van der Waals surface area contributed by atoms with Crippen LogP contribution in [0.5, 0.6) is 0 Å². The Morgan fingerprint density at radius 1 is 1.23 bits per heavy atom. The first-order valence-electron chi connectivity index (χ1n) is 9.69. The number of aromatic nitrogens is 6. The maximum absolute atomic E-state index is 6.39. The third kappa shape index (κ3) is 4.58. The van der Waals surface area contributed by atoms with Crippen molar-refractivity contribution in [1.29, 1.82) is 0 Å². The quantitative estimate of drug-likeness (QED) is 0.354. The van der Waals surface area contributed by atoms with Crippen molar-refractivity contribution in [3.63, 3.8) is 0 Å². The van der Waals surface area contributed by atoms with Crippen LogP contribution in [0, 0.1) is 0 Å². The molecule has 0 unspecified atom stereocenters. The lowest BCUT2D eigenvalue weighted by molar-refractivity contribution is 0.525. The lowest BCUT2D eigenvalue weighted by atomic mass is 10.1. The number of hydrogen-bond acceptors (Lipinski definition) is 7. The molecule has 1 aromatic carbocycles. The van der Waals surface area contributed by atoms with Crippen LogP contribution in [0.25, 0.3) is 22.3 Å². The smallest absolute Gasteiger partial charge is 0.175 e. The lowest BCUT2D eigenvalue weighted by Gasteiger charge is -2.11. The van der Waals surface area contributed by atoms with Gasteiger partial charge in [0, 0.05) is 34.3 Å². The standard InChI is InChI=1S/C20H23ClN8S/c1-12(2)23-4-3-5-29-19-17(18(22)24-11-25-19)28-20(29)30-16-7-13(6-15(21)8-16)14-9-26-27-10-14/h6-12,23H,3-5H2,1-2H3,(H,26,27)(H2,22,24,25). The molecule has 0 bridgehead atoms. The summed E-state index contributed by atoms with van der Waals surface area (Å²) < 4.78 is 2.10. The van der Waals surface area contributed by atoms with E-state index >= 15 is 0 Å². The number of anilines is 1. The van der Waals surface area contributed by atoms with Gasteiger partial charge in [0.25, 0.3) is 0 Å². The number of fused-ring (bicyclic) bond motifs is 1. The van der Waals surface area contributed by atoms with E-state index in [1.165, 1.54) is 18.1 Å². The highest BCUT2D eigenvalue weighted by Gasteiger charge is 2.16. The number of rotatable bonds is 8. The zero-order valence-corrected chi connectivity index (χ0v) is 18.3. The molecule has 3 aromatic heterocycles. The number of benzene rings is 1. The Morgan fingerprint density at radius 2 is 2.10 bits per heavy atom. The number of hydrogen-bond donors (Lipinski definition) is 3. The van der Waals surface area contributed by atoms with E-state index in [0.717, 1.165) is 46.3 Å². The van der Waals surface area contributed by atoms with Gasteiger partial charge in [-0.3, -0.25) is 5.10 Å². The number of aromatic amines is 1. The summed E-state index contributed by atoms with van der Waals surface area (Å²) in [5, 5.41) is 11.8. The number of nitrogen functional groups attached to an aromatic ring is 1. The minimum atomic E-state index is 0.381. The SMILES string of the molecule is CC(C)NCCCn1c(Sc2cc(Cl)cc(-c3cn[nH]c3)c2)nc2c(N)ncnc21. The summed E-state index contributed by atoms with van der Waals surface area (Å²) >= 11 is 7.92. The molecular weight excluding hydrogens is 420 g/mol. The van der Waals surface area contributed by atoms with Crippen molar-refractivity contribution in [3.05, 3.63) is 41.9 Å². The number of nitrogens with zero attached hydrogens (tertiary/aromatic N) is 5. The molecule has 0 aliphatic carbocycles. The summed E-state index contributed by atoms with van der Waals surface area (Å²) in [6.45, 7) is 5.95. The second-order valence-corrected chi connectivity index (χ2v) is 8.68. The molecule has 0 atom stereocenters. The molecule has 4 aromatic rings. The molecule has 0 saturated heterocycles. The van der Waals surface area contributed by atoms with E-state index in [9.17, 15) is 0 Å². The Labute approximate surface area is 183 Å². The zero-order chi connectivity index (χ0) is 21.1. The minimum absolute atomic E-state index is 0.381. The van der Waals surface area contributed by atoms with Crippen LogP contribution in [0.15, 0.2) is 47.0 Å². The van der Waals surface area contributed by atoms with Crippen molar-refractivity contribution >= 4 is 40.3 Å². The van der Waals surface area contributed by atoms with Crippen LogP contribution >= 0.6 is 23.4 Å². The fraction of sp³-hybridized carbons (Fsp3) is 0.300. The van der Waals surface area contributed by atoms with Gasteiger partial charge in [0.05, 0.1) is 6.20 Å². The average molecular weight is 443 g/mol. The van der Waals surface area contributed by atoms with Crippen LogP contribution in [-0.4, -0.2) is 42.3 Å². The van der Waals surface area contributed by atoms with Crippen molar-refractivity contribution in [2.45, 2.75) is 42.9 Å². The van der Waals surface area contributed by atoms with Crippen molar-refractivity contribution < 1.29 is 0 Å². The number of nitrogens with one attached hydrogen (secondary N) is 2. The van der Waals surface area contributed by atoms with E-state index in [1.54, 1.807) is 6.20 Å². The molecule has 0 fully saturated rings. The van der Waals surface area contributed by atoms with Gasteiger partial charge in [-0.25, -0.2) is 15.0 Å². The summed E-state index contributed by atoms with van der Waals surface area (Å²) in [6.07, 6.45) is 6.03. The predicted octanol–water partition coefficient (Wildman–Crippen LogP) is 3.99. The van der Waals surface area contributed by atoms with Gasteiger partial charge in [0.2, 0.25) is 0 Å². The van der Waals surface area contributed by atoms with Crippen LogP contribution < -0.4 is 11.1 Å². The average Bonchev–Trinajstić information content (AvgIpc) is 3.34. The molecule has 156 valence electrons.